The van der Waals surface area contributed by atoms with Gasteiger partial charge in [-0.3, -0.25) is 4.79 Å². The largest absolute Gasteiger partial charge is 0.496 e. The number of hydrogen-bond acceptors (Lipinski definition) is 5. The Morgan fingerprint density at radius 1 is 0.757 bits per heavy atom. The lowest BCUT2D eigenvalue weighted by Crippen LogP contribution is -2.08. The molecule has 0 spiro atoms. The Balaban J connectivity index is 1.46. The smallest absolute Gasteiger partial charge is 0.339 e. The maximum absolute atomic E-state index is 13.3. The number of fused-ring (bicyclic) bond motifs is 1. The van der Waals surface area contributed by atoms with Crippen molar-refractivity contribution in [2.45, 2.75) is 13.5 Å². The van der Waals surface area contributed by atoms with Gasteiger partial charge in [0, 0.05) is 22.1 Å². The van der Waals surface area contributed by atoms with E-state index in [0.29, 0.717) is 39.0 Å². The van der Waals surface area contributed by atoms with Gasteiger partial charge >= 0.3 is 5.97 Å². The fourth-order valence-electron chi connectivity index (χ4n) is 4.29. The maximum atomic E-state index is 13.3. The average molecular weight is 488 g/mol. The highest BCUT2D eigenvalue weighted by Crippen LogP contribution is 2.29. The summed E-state index contributed by atoms with van der Waals surface area (Å²) in [4.78, 5) is 29.9. The van der Waals surface area contributed by atoms with Gasteiger partial charge in [-0.1, -0.05) is 72.8 Å². The molecular formula is C32H25NO4. The second-order valence-electron chi connectivity index (χ2n) is 8.67. The summed E-state index contributed by atoms with van der Waals surface area (Å²) in [7, 11) is 1.54. The molecule has 0 amide bonds. The van der Waals surface area contributed by atoms with Crippen LogP contribution in [0, 0.1) is 0 Å². The molecule has 0 fully saturated rings. The third-order valence-electron chi connectivity index (χ3n) is 6.27. The number of ketones is 1. The quantitative estimate of drug-likeness (QED) is 0.180. The summed E-state index contributed by atoms with van der Waals surface area (Å²) in [5.41, 5.74) is 6.10. The van der Waals surface area contributed by atoms with Gasteiger partial charge in [-0.15, -0.1) is 0 Å². The molecule has 5 nitrogen and oxygen atoms in total. The van der Waals surface area contributed by atoms with Gasteiger partial charge in [0.05, 0.1) is 23.9 Å². The van der Waals surface area contributed by atoms with E-state index in [1.165, 1.54) is 6.92 Å². The van der Waals surface area contributed by atoms with Gasteiger partial charge in [0.15, 0.2) is 5.78 Å². The number of Topliss-reactive ketones (excluding diaryl/α,β-unsaturated/α-hetero) is 1. The monoisotopic (exact) mass is 487 g/mol. The second-order valence-corrected chi connectivity index (χ2v) is 8.67. The first-order valence-corrected chi connectivity index (χ1v) is 11.9. The first-order valence-electron chi connectivity index (χ1n) is 11.9. The number of aromatic nitrogens is 1. The SMILES string of the molecule is COc1ccc(C(C)=O)cc1COC(=O)c1cc(-c2ccc(-c3ccccc3)cc2)nc2ccccc12. The van der Waals surface area contributed by atoms with Crippen LogP contribution in [0.2, 0.25) is 0 Å². The van der Waals surface area contributed by atoms with Gasteiger partial charge in [-0.25, -0.2) is 9.78 Å². The molecule has 0 saturated heterocycles. The summed E-state index contributed by atoms with van der Waals surface area (Å²) < 4.78 is 11.1. The number of ether oxygens (including phenoxy) is 2. The van der Waals surface area contributed by atoms with Crippen molar-refractivity contribution in [3.63, 3.8) is 0 Å². The average Bonchev–Trinajstić information content (AvgIpc) is 2.95. The number of methoxy groups -OCH3 is 1. The lowest BCUT2D eigenvalue weighted by atomic mass is 10.0. The van der Waals surface area contributed by atoms with E-state index in [1.807, 2.05) is 66.7 Å². The molecule has 0 saturated carbocycles. The predicted molar refractivity (Wildman–Crippen MR) is 145 cm³/mol. The van der Waals surface area contributed by atoms with Crippen molar-refractivity contribution in [3.8, 4) is 28.1 Å². The van der Waals surface area contributed by atoms with Crippen LogP contribution in [-0.4, -0.2) is 23.8 Å². The molecule has 0 radical (unpaired) electrons. The first kappa shape index (κ1) is 23.9. The number of benzene rings is 4. The summed E-state index contributed by atoms with van der Waals surface area (Å²) in [5.74, 6) is 0.00546. The fourth-order valence-corrected chi connectivity index (χ4v) is 4.29. The minimum Gasteiger partial charge on any atom is -0.496 e. The van der Waals surface area contributed by atoms with E-state index >= 15 is 0 Å². The summed E-state index contributed by atoms with van der Waals surface area (Å²) in [6.07, 6.45) is 0. The molecule has 4 aromatic carbocycles. The first-order chi connectivity index (χ1) is 18.0. The van der Waals surface area contributed by atoms with E-state index in [0.717, 1.165) is 16.7 Å². The normalized spacial score (nSPS) is 10.8. The van der Waals surface area contributed by atoms with Crippen molar-refractivity contribution < 1.29 is 19.1 Å². The molecule has 5 rings (SSSR count). The van der Waals surface area contributed by atoms with Crippen LogP contribution < -0.4 is 4.74 Å². The highest BCUT2D eigenvalue weighted by molar-refractivity contribution is 6.04. The molecule has 5 heteroatoms. The van der Waals surface area contributed by atoms with Crippen LogP contribution in [0.4, 0.5) is 0 Å². The third kappa shape index (κ3) is 5.11. The molecule has 0 bridgehead atoms. The Bertz CT molecular complexity index is 1590. The van der Waals surface area contributed by atoms with Crippen LogP contribution in [0.25, 0.3) is 33.3 Å². The minimum absolute atomic E-state index is 0.0269. The lowest BCUT2D eigenvalue weighted by molar-refractivity contribution is 0.0472. The van der Waals surface area contributed by atoms with Gasteiger partial charge in [-0.05, 0) is 48.4 Å². The molecule has 37 heavy (non-hydrogen) atoms. The summed E-state index contributed by atoms with van der Waals surface area (Å²) in [5, 5.41) is 0.710. The number of esters is 1. The van der Waals surface area contributed by atoms with Crippen molar-refractivity contribution in [2.75, 3.05) is 7.11 Å². The fraction of sp³-hybridized carbons (Fsp3) is 0.0938. The summed E-state index contributed by atoms with van der Waals surface area (Å²) in [6.45, 7) is 1.47. The molecule has 0 aliphatic heterocycles. The number of pyridine rings is 1. The highest BCUT2D eigenvalue weighted by atomic mass is 16.5. The number of carbonyl (C=O) groups excluding carboxylic acids is 2. The van der Waals surface area contributed by atoms with Crippen molar-refractivity contribution in [2.24, 2.45) is 0 Å². The Kier molecular flexibility index (Phi) is 6.77. The molecular weight excluding hydrogens is 462 g/mol. The maximum Gasteiger partial charge on any atom is 0.339 e. The molecule has 0 aliphatic rings. The summed E-state index contributed by atoms with van der Waals surface area (Å²) in [6, 6.07) is 32.6. The molecule has 5 aromatic rings. The van der Waals surface area contributed by atoms with Gasteiger partial charge in [0.25, 0.3) is 0 Å². The van der Waals surface area contributed by atoms with Crippen LogP contribution in [-0.2, 0) is 11.3 Å². The molecule has 1 aromatic heterocycles. The Morgan fingerprint density at radius 2 is 1.43 bits per heavy atom. The molecule has 0 atom stereocenters. The standard InChI is InChI=1S/C32H25NO4/c1-21(34)25-16-17-31(36-2)26(18-25)20-37-32(35)28-19-30(33-29-11-7-6-10-27(28)29)24-14-12-23(13-15-24)22-8-4-3-5-9-22/h3-19H,20H2,1-2H3. The van der Waals surface area contributed by atoms with Crippen LogP contribution in [0.5, 0.6) is 5.75 Å². The van der Waals surface area contributed by atoms with Gasteiger partial charge in [-0.2, -0.15) is 0 Å². The Morgan fingerprint density at radius 3 is 2.16 bits per heavy atom. The van der Waals surface area contributed by atoms with Crippen LogP contribution in [0.3, 0.4) is 0 Å². The van der Waals surface area contributed by atoms with E-state index in [1.54, 1.807) is 31.4 Å². The van der Waals surface area contributed by atoms with E-state index in [9.17, 15) is 9.59 Å². The van der Waals surface area contributed by atoms with Gasteiger partial charge < -0.3 is 9.47 Å². The third-order valence-corrected chi connectivity index (χ3v) is 6.27. The zero-order valence-electron chi connectivity index (χ0n) is 20.6. The van der Waals surface area contributed by atoms with Crippen molar-refractivity contribution in [1.29, 1.82) is 0 Å². The van der Waals surface area contributed by atoms with E-state index < -0.39 is 5.97 Å². The van der Waals surface area contributed by atoms with Crippen molar-refractivity contribution in [3.05, 3.63) is 120 Å². The number of para-hydroxylation sites is 1. The zero-order valence-corrected chi connectivity index (χ0v) is 20.6. The van der Waals surface area contributed by atoms with E-state index in [4.69, 9.17) is 14.5 Å². The topological polar surface area (TPSA) is 65.5 Å². The van der Waals surface area contributed by atoms with Crippen LogP contribution in [0.1, 0.15) is 33.2 Å². The van der Waals surface area contributed by atoms with E-state index in [2.05, 4.69) is 12.1 Å². The molecule has 1 heterocycles. The predicted octanol–water partition coefficient (Wildman–Crippen LogP) is 7.14. The Labute approximate surface area is 215 Å². The number of nitrogens with zero attached hydrogens (tertiary/aromatic N) is 1. The van der Waals surface area contributed by atoms with Crippen molar-refractivity contribution >= 4 is 22.7 Å². The van der Waals surface area contributed by atoms with E-state index in [-0.39, 0.29) is 12.4 Å². The second kappa shape index (κ2) is 10.5. The Hall–Kier alpha value is -4.77. The molecule has 182 valence electrons. The summed E-state index contributed by atoms with van der Waals surface area (Å²) >= 11 is 0. The van der Waals surface area contributed by atoms with Crippen LogP contribution >= 0.6 is 0 Å². The van der Waals surface area contributed by atoms with Crippen molar-refractivity contribution in [1.82, 2.24) is 4.98 Å². The lowest BCUT2D eigenvalue weighted by Gasteiger charge is -2.13. The molecule has 0 unspecified atom stereocenters. The van der Waals surface area contributed by atoms with Gasteiger partial charge in [0.1, 0.15) is 12.4 Å². The van der Waals surface area contributed by atoms with Gasteiger partial charge in [0.2, 0.25) is 0 Å². The van der Waals surface area contributed by atoms with Crippen LogP contribution in [0.15, 0.2) is 103 Å². The zero-order chi connectivity index (χ0) is 25.8. The number of rotatable bonds is 7. The number of hydrogen-bond donors (Lipinski definition) is 0. The number of carbonyl (C=O) groups is 2. The minimum atomic E-state index is -0.476. The highest BCUT2D eigenvalue weighted by Gasteiger charge is 2.17. The molecule has 0 aliphatic carbocycles. The molecule has 0 N–H and O–H groups in total.